The average Bonchev–Trinajstić information content (AvgIpc) is 2.72. The maximum atomic E-state index is 13.8. The second-order valence-corrected chi connectivity index (χ2v) is 6.02. The van der Waals surface area contributed by atoms with Crippen molar-refractivity contribution in [1.29, 1.82) is 5.26 Å². The molecule has 1 heterocycles. The van der Waals surface area contributed by atoms with E-state index < -0.39 is 0 Å². The molecule has 2 rings (SSSR count). The largest absolute Gasteiger partial charge is 0.382 e. The minimum absolute atomic E-state index is 0.243. The molecule has 21 heavy (non-hydrogen) atoms. The lowest BCUT2D eigenvalue weighted by molar-refractivity contribution is 0.456. The lowest BCUT2D eigenvalue weighted by atomic mass is 10.0. The van der Waals surface area contributed by atoms with Crippen molar-refractivity contribution < 1.29 is 4.39 Å². The van der Waals surface area contributed by atoms with Crippen LogP contribution in [0.1, 0.15) is 50.2 Å². The molecular formula is C17H24FN3. The second-order valence-electron chi connectivity index (χ2n) is 6.02. The van der Waals surface area contributed by atoms with Crippen molar-refractivity contribution in [1.82, 2.24) is 5.32 Å². The highest BCUT2D eigenvalue weighted by Gasteiger charge is 2.16. The number of hydrogen-bond acceptors (Lipinski definition) is 3. The van der Waals surface area contributed by atoms with Crippen LogP contribution in [0.2, 0.25) is 0 Å². The van der Waals surface area contributed by atoms with Gasteiger partial charge < -0.3 is 10.6 Å². The predicted octanol–water partition coefficient (Wildman–Crippen LogP) is 3.73. The van der Waals surface area contributed by atoms with Gasteiger partial charge in [-0.1, -0.05) is 12.8 Å². The number of rotatable bonds is 4. The van der Waals surface area contributed by atoms with Gasteiger partial charge in [-0.15, -0.1) is 0 Å². The topological polar surface area (TPSA) is 47.9 Å². The van der Waals surface area contributed by atoms with Crippen LogP contribution in [-0.4, -0.2) is 18.6 Å². The Balaban J connectivity index is 2.00. The maximum absolute atomic E-state index is 13.8. The molecular weight excluding hydrogens is 265 g/mol. The van der Waals surface area contributed by atoms with Gasteiger partial charge in [0.1, 0.15) is 5.82 Å². The van der Waals surface area contributed by atoms with E-state index in [1.54, 1.807) is 13.0 Å². The molecule has 2 unspecified atom stereocenters. The molecule has 1 aromatic rings. The van der Waals surface area contributed by atoms with Crippen molar-refractivity contribution in [3.63, 3.8) is 0 Å². The molecule has 0 radical (unpaired) electrons. The molecule has 0 saturated carbocycles. The van der Waals surface area contributed by atoms with E-state index in [2.05, 4.69) is 17.6 Å². The van der Waals surface area contributed by atoms with Crippen LogP contribution in [0.5, 0.6) is 0 Å². The summed E-state index contributed by atoms with van der Waals surface area (Å²) in [6, 6.07) is 5.80. The van der Waals surface area contributed by atoms with Crippen LogP contribution in [0.25, 0.3) is 0 Å². The smallest absolute Gasteiger partial charge is 0.129 e. The molecule has 1 aromatic carbocycles. The summed E-state index contributed by atoms with van der Waals surface area (Å²) < 4.78 is 13.8. The van der Waals surface area contributed by atoms with Gasteiger partial charge in [-0.05, 0) is 51.8 Å². The van der Waals surface area contributed by atoms with E-state index in [4.69, 9.17) is 5.26 Å². The zero-order chi connectivity index (χ0) is 15.2. The molecule has 1 aliphatic rings. The third-order valence-corrected chi connectivity index (χ3v) is 4.18. The number of benzene rings is 1. The molecule has 1 fully saturated rings. The molecule has 0 aromatic heterocycles. The van der Waals surface area contributed by atoms with E-state index in [1.165, 1.54) is 31.7 Å². The molecule has 2 atom stereocenters. The lowest BCUT2D eigenvalue weighted by Crippen LogP contribution is -2.33. The molecule has 1 aliphatic heterocycles. The summed E-state index contributed by atoms with van der Waals surface area (Å²) in [5.41, 5.74) is 1.67. The van der Waals surface area contributed by atoms with Gasteiger partial charge in [0.2, 0.25) is 0 Å². The fraction of sp³-hybridized carbons (Fsp3) is 0.588. The quantitative estimate of drug-likeness (QED) is 0.888. The molecule has 3 nitrogen and oxygen atoms in total. The molecule has 0 aliphatic carbocycles. The Hall–Kier alpha value is -1.60. The van der Waals surface area contributed by atoms with Crippen LogP contribution in [0, 0.1) is 24.1 Å². The maximum Gasteiger partial charge on any atom is 0.129 e. The van der Waals surface area contributed by atoms with Crippen LogP contribution in [0.15, 0.2) is 12.1 Å². The lowest BCUT2D eigenvalue weighted by Gasteiger charge is -2.23. The van der Waals surface area contributed by atoms with Crippen LogP contribution in [0.4, 0.5) is 10.1 Å². The normalized spacial score (nSPS) is 20.4. The Bertz CT molecular complexity index is 514. The number of nitrogens with zero attached hydrogens (tertiary/aromatic N) is 1. The number of anilines is 1. The van der Waals surface area contributed by atoms with Gasteiger partial charge in [0.15, 0.2) is 0 Å². The Kier molecular flexibility index (Phi) is 5.58. The third-order valence-electron chi connectivity index (χ3n) is 4.18. The summed E-state index contributed by atoms with van der Waals surface area (Å²) in [4.78, 5) is 0. The van der Waals surface area contributed by atoms with Crippen LogP contribution < -0.4 is 10.6 Å². The van der Waals surface area contributed by atoms with Crippen molar-refractivity contribution in [2.75, 3.05) is 11.9 Å². The van der Waals surface area contributed by atoms with Gasteiger partial charge in [0.05, 0.1) is 11.6 Å². The van der Waals surface area contributed by atoms with E-state index in [1.807, 2.05) is 6.07 Å². The van der Waals surface area contributed by atoms with Gasteiger partial charge in [-0.3, -0.25) is 0 Å². The van der Waals surface area contributed by atoms with Crippen LogP contribution in [-0.2, 0) is 0 Å². The fourth-order valence-corrected chi connectivity index (χ4v) is 2.95. The first-order valence-corrected chi connectivity index (χ1v) is 7.80. The summed E-state index contributed by atoms with van der Waals surface area (Å²) in [7, 11) is 0. The Labute approximate surface area is 126 Å². The van der Waals surface area contributed by atoms with E-state index >= 15 is 0 Å². The molecule has 0 amide bonds. The van der Waals surface area contributed by atoms with Gasteiger partial charge in [0.25, 0.3) is 0 Å². The van der Waals surface area contributed by atoms with E-state index in [-0.39, 0.29) is 11.9 Å². The van der Waals surface area contributed by atoms with Crippen LogP contribution in [0.3, 0.4) is 0 Å². The molecule has 114 valence electrons. The summed E-state index contributed by atoms with van der Waals surface area (Å²) in [6.45, 7) is 4.95. The molecule has 0 bridgehead atoms. The second kappa shape index (κ2) is 7.42. The first-order valence-electron chi connectivity index (χ1n) is 7.80. The first kappa shape index (κ1) is 15.8. The standard InChI is InChI=1S/C17H24FN3/c1-12(8-15-6-4-3-5-7-20-15)21-17-10-14(11-19)9-16(18)13(17)2/h9-10,12,15,20-21H,3-8H2,1-2H3. The van der Waals surface area contributed by atoms with Gasteiger partial charge in [-0.2, -0.15) is 5.26 Å². The SMILES string of the molecule is Cc1c(F)cc(C#N)cc1NC(C)CC1CCCCCN1. The van der Waals surface area contributed by atoms with Gasteiger partial charge in [0, 0.05) is 23.3 Å². The minimum atomic E-state index is -0.323. The highest BCUT2D eigenvalue weighted by molar-refractivity contribution is 5.56. The summed E-state index contributed by atoms with van der Waals surface area (Å²) >= 11 is 0. The summed E-state index contributed by atoms with van der Waals surface area (Å²) in [5.74, 6) is -0.323. The molecule has 1 saturated heterocycles. The number of halogens is 1. The monoisotopic (exact) mass is 289 g/mol. The van der Waals surface area contributed by atoms with E-state index in [0.717, 1.165) is 18.7 Å². The average molecular weight is 289 g/mol. The molecule has 4 heteroatoms. The van der Waals surface area contributed by atoms with E-state index in [0.29, 0.717) is 17.2 Å². The Morgan fingerprint density at radius 2 is 2.24 bits per heavy atom. The van der Waals surface area contributed by atoms with Crippen molar-refractivity contribution in [2.24, 2.45) is 0 Å². The molecule has 0 spiro atoms. The van der Waals surface area contributed by atoms with Crippen molar-refractivity contribution in [3.05, 3.63) is 29.1 Å². The number of nitrogens with one attached hydrogen (secondary N) is 2. The van der Waals surface area contributed by atoms with Crippen LogP contribution >= 0.6 is 0 Å². The first-order chi connectivity index (χ1) is 10.1. The Morgan fingerprint density at radius 3 is 3.00 bits per heavy atom. The number of hydrogen-bond donors (Lipinski definition) is 2. The van der Waals surface area contributed by atoms with Gasteiger partial charge >= 0.3 is 0 Å². The Morgan fingerprint density at radius 1 is 1.43 bits per heavy atom. The minimum Gasteiger partial charge on any atom is -0.382 e. The summed E-state index contributed by atoms with van der Waals surface area (Å²) in [5, 5.41) is 15.9. The molecule has 2 N–H and O–H groups in total. The van der Waals surface area contributed by atoms with Crippen molar-refractivity contribution >= 4 is 5.69 Å². The zero-order valence-corrected chi connectivity index (χ0v) is 12.9. The van der Waals surface area contributed by atoms with E-state index in [9.17, 15) is 4.39 Å². The highest BCUT2D eigenvalue weighted by Crippen LogP contribution is 2.22. The third kappa shape index (κ3) is 4.44. The number of nitriles is 1. The van der Waals surface area contributed by atoms with Gasteiger partial charge in [-0.25, -0.2) is 4.39 Å². The zero-order valence-electron chi connectivity index (χ0n) is 12.9. The van der Waals surface area contributed by atoms with Crippen molar-refractivity contribution in [2.45, 2.75) is 58.0 Å². The van der Waals surface area contributed by atoms with Crippen molar-refractivity contribution in [3.8, 4) is 6.07 Å². The highest BCUT2D eigenvalue weighted by atomic mass is 19.1. The predicted molar refractivity (Wildman–Crippen MR) is 83.8 cm³/mol. The fourth-order valence-electron chi connectivity index (χ4n) is 2.95. The summed E-state index contributed by atoms with van der Waals surface area (Å²) in [6.07, 6.45) is 6.06.